The van der Waals surface area contributed by atoms with E-state index in [1.807, 2.05) is 50.2 Å². The lowest BCUT2D eigenvalue weighted by Crippen LogP contribution is -2.34. The van der Waals surface area contributed by atoms with Gasteiger partial charge in [-0.2, -0.15) is 0 Å². The highest BCUT2D eigenvalue weighted by atomic mass is 16.2. The van der Waals surface area contributed by atoms with Gasteiger partial charge in [0.2, 0.25) is 5.91 Å². The predicted molar refractivity (Wildman–Crippen MR) is 75.2 cm³/mol. The highest BCUT2D eigenvalue weighted by Gasteiger charge is 2.37. The van der Waals surface area contributed by atoms with Crippen LogP contribution in [0, 0.1) is 0 Å². The third-order valence-electron chi connectivity index (χ3n) is 3.26. The Labute approximate surface area is 113 Å². The Bertz CT molecular complexity index is 499. The van der Waals surface area contributed by atoms with Crippen molar-refractivity contribution in [3.8, 4) is 0 Å². The first-order valence-electron chi connectivity index (χ1n) is 6.41. The van der Waals surface area contributed by atoms with E-state index in [2.05, 4.69) is 5.32 Å². The van der Waals surface area contributed by atoms with Gasteiger partial charge in [-0.05, 0) is 25.1 Å². The lowest BCUT2D eigenvalue weighted by Gasteiger charge is -2.17. The fourth-order valence-corrected chi connectivity index (χ4v) is 2.20. The Morgan fingerprint density at radius 1 is 1.37 bits per heavy atom. The van der Waals surface area contributed by atoms with Gasteiger partial charge in [0.05, 0.1) is 6.42 Å². The van der Waals surface area contributed by atoms with Gasteiger partial charge in [0.1, 0.15) is 6.04 Å². The summed E-state index contributed by atoms with van der Waals surface area (Å²) in [5, 5.41) is 3.14. The second kappa shape index (κ2) is 5.30. The Hall–Kier alpha value is -2.04. The van der Waals surface area contributed by atoms with Crippen LogP contribution in [-0.2, 0) is 9.59 Å². The third-order valence-corrected chi connectivity index (χ3v) is 3.26. The molecule has 2 amide bonds. The number of carbonyl (C=O) groups is 2. The number of benzene rings is 1. The quantitative estimate of drug-likeness (QED) is 0.830. The van der Waals surface area contributed by atoms with Crippen LogP contribution in [0.3, 0.4) is 0 Å². The molecule has 1 aromatic rings. The zero-order valence-electron chi connectivity index (χ0n) is 11.5. The van der Waals surface area contributed by atoms with Gasteiger partial charge in [0.15, 0.2) is 0 Å². The number of imide groups is 1. The molecule has 1 aliphatic rings. The van der Waals surface area contributed by atoms with E-state index in [1.54, 1.807) is 0 Å². The van der Waals surface area contributed by atoms with Crippen molar-refractivity contribution in [3.63, 3.8) is 0 Å². The van der Waals surface area contributed by atoms with Crippen LogP contribution in [0.25, 0.3) is 0 Å². The Balaban J connectivity index is 2.12. The maximum absolute atomic E-state index is 12.0. The zero-order chi connectivity index (χ0) is 14.0. The second-order valence-electron chi connectivity index (χ2n) is 4.82. The number of likely N-dealkylation sites (N-methyl/N-ethyl adjacent to an activating group) is 1. The molecule has 0 aromatic heterocycles. The molecule has 1 fully saturated rings. The standard InChI is InChI=1S/C14H19N3O2/c1-4-17-13(18)9-12(14(17)19)15-10-6-5-7-11(8-10)16(2)3/h5-8,12,15H,4,9H2,1-3H3. The van der Waals surface area contributed by atoms with E-state index < -0.39 is 6.04 Å². The lowest BCUT2D eigenvalue weighted by atomic mass is 10.2. The van der Waals surface area contributed by atoms with E-state index in [9.17, 15) is 9.59 Å². The van der Waals surface area contributed by atoms with Gasteiger partial charge in [-0.25, -0.2) is 0 Å². The molecular weight excluding hydrogens is 242 g/mol. The molecular formula is C14H19N3O2. The summed E-state index contributed by atoms with van der Waals surface area (Å²) < 4.78 is 0. The molecule has 1 heterocycles. The Morgan fingerprint density at radius 3 is 2.68 bits per heavy atom. The maximum Gasteiger partial charge on any atom is 0.252 e. The minimum Gasteiger partial charge on any atom is -0.378 e. The van der Waals surface area contributed by atoms with Crippen molar-refractivity contribution in [3.05, 3.63) is 24.3 Å². The summed E-state index contributed by atoms with van der Waals surface area (Å²) in [6.07, 6.45) is 0.235. The summed E-state index contributed by atoms with van der Waals surface area (Å²) in [5.74, 6) is -0.239. The fraction of sp³-hybridized carbons (Fsp3) is 0.429. The number of nitrogens with zero attached hydrogens (tertiary/aromatic N) is 2. The van der Waals surface area contributed by atoms with Crippen molar-refractivity contribution in [2.24, 2.45) is 0 Å². The van der Waals surface area contributed by atoms with E-state index in [0.29, 0.717) is 6.54 Å². The second-order valence-corrected chi connectivity index (χ2v) is 4.82. The van der Waals surface area contributed by atoms with Crippen LogP contribution in [-0.4, -0.2) is 43.4 Å². The molecule has 0 radical (unpaired) electrons. The minimum absolute atomic E-state index is 0.103. The van der Waals surface area contributed by atoms with Gasteiger partial charge in [-0.15, -0.1) is 0 Å². The molecule has 1 aliphatic heterocycles. The van der Waals surface area contributed by atoms with Crippen molar-refractivity contribution >= 4 is 23.2 Å². The smallest absolute Gasteiger partial charge is 0.252 e. The number of hydrogen-bond donors (Lipinski definition) is 1. The molecule has 0 spiro atoms. The van der Waals surface area contributed by atoms with Crippen LogP contribution in [0.5, 0.6) is 0 Å². The molecule has 1 unspecified atom stereocenters. The van der Waals surface area contributed by atoms with Crippen molar-refractivity contribution in [2.75, 3.05) is 30.9 Å². The van der Waals surface area contributed by atoms with Gasteiger partial charge in [-0.1, -0.05) is 6.07 Å². The number of rotatable bonds is 4. The lowest BCUT2D eigenvalue weighted by molar-refractivity contribution is -0.138. The van der Waals surface area contributed by atoms with Crippen molar-refractivity contribution in [1.82, 2.24) is 4.90 Å². The fourth-order valence-electron chi connectivity index (χ4n) is 2.20. The van der Waals surface area contributed by atoms with Gasteiger partial charge in [0.25, 0.3) is 5.91 Å². The van der Waals surface area contributed by atoms with Crippen LogP contribution in [0.1, 0.15) is 13.3 Å². The van der Waals surface area contributed by atoms with Crippen molar-refractivity contribution < 1.29 is 9.59 Å². The molecule has 1 atom stereocenters. The molecule has 1 saturated heterocycles. The first-order valence-corrected chi connectivity index (χ1v) is 6.41. The monoisotopic (exact) mass is 261 g/mol. The summed E-state index contributed by atoms with van der Waals surface area (Å²) in [7, 11) is 3.92. The van der Waals surface area contributed by atoms with E-state index in [1.165, 1.54) is 4.90 Å². The molecule has 1 aromatic carbocycles. The summed E-state index contributed by atoms with van der Waals surface area (Å²) >= 11 is 0. The van der Waals surface area contributed by atoms with Gasteiger partial charge >= 0.3 is 0 Å². The van der Waals surface area contributed by atoms with Crippen molar-refractivity contribution in [2.45, 2.75) is 19.4 Å². The van der Waals surface area contributed by atoms with Crippen LogP contribution in [0.4, 0.5) is 11.4 Å². The Kier molecular flexibility index (Phi) is 3.74. The largest absolute Gasteiger partial charge is 0.378 e. The van der Waals surface area contributed by atoms with Crippen LogP contribution in [0.2, 0.25) is 0 Å². The average Bonchev–Trinajstić information content (AvgIpc) is 2.64. The first kappa shape index (κ1) is 13.4. The summed E-state index contributed by atoms with van der Waals surface area (Å²) in [5.41, 5.74) is 1.91. The Morgan fingerprint density at radius 2 is 2.11 bits per heavy atom. The molecule has 2 rings (SSSR count). The van der Waals surface area contributed by atoms with Crippen molar-refractivity contribution in [1.29, 1.82) is 0 Å². The topological polar surface area (TPSA) is 52.7 Å². The minimum atomic E-state index is -0.440. The molecule has 0 bridgehead atoms. The highest BCUT2D eigenvalue weighted by Crippen LogP contribution is 2.21. The molecule has 0 aliphatic carbocycles. The highest BCUT2D eigenvalue weighted by molar-refractivity contribution is 6.06. The number of carbonyl (C=O) groups excluding carboxylic acids is 2. The molecule has 5 heteroatoms. The zero-order valence-corrected chi connectivity index (χ0v) is 11.5. The van der Waals surface area contributed by atoms with Crippen LogP contribution < -0.4 is 10.2 Å². The number of likely N-dealkylation sites (tertiary alicyclic amines) is 1. The molecule has 1 N–H and O–H groups in total. The summed E-state index contributed by atoms with van der Waals surface area (Å²) in [6.45, 7) is 2.25. The number of nitrogens with one attached hydrogen (secondary N) is 1. The van der Waals surface area contributed by atoms with E-state index in [0.717, 1.165) is 11.4 Å². The summed E-state index contributed by atoms with van der Waals surface area (Å²) in [4.78, 5) is 26.9. The maximum atomic E-state index is 12.0. The van der Waals surface area contributed by atoms with Gasteiger partial charge < -0.3 is 10.2 Å². The van der Waals surface area contributed by atoms with E-state index >= 15 is 0 Å². The molecule has 19 heavy (non-hydrogen) atoms. The SMILES string of the molecule is CCN1C(=O)CC(Nc2cccc(N(C)C)c2)C1=O. The van der Waals surface area contributed by atoms with E-state index in [-0.39, 0.29) is 18.2 Å². The van der Waals surface area contributed by atoms with Crippen LogP contribution >= 0.6 is 0 Å². The van der Waals surface area contributed by atoms with E-state index in [4.69, 9.17) is 0 Å². The van der Waals surface area contributed by atoms with Gasteiger partial charge in [-0.3, -0.25) is 14.5 Å². The normalized spacial score (nSPS) is 18.9. The third kappa shape index (κ3) is 2.70. The van der Waals surface area contributed by atoms with Crippen LogP contribution in [0.15, 0.2) is 24.3 Å². The molecule has 0 saturated carbocycles. The predicted octanol–water partition coefficient (Wildman–Crippen LogP) is 1.31. The molecule has 102 valence electrons. The first-order chi connectivity index (χ1) is 9.02. The number of amides is 2. The summed E-state index contributed by atoms with van der Waals surface area (Å²) in [6, 6.07) is 7.35. The van der Waals surface area contributed by atoms with Gasteiger partial charge in [0, 0.05) is 32.0 Å². The average molecular weight is 261 g/mol. The molecule has 5 nitrogen and oxygen atoms in total. The number of hydrogen-bond acceptors (Lipinski definition) is 4. The number of anilines is 2.